The van der Waals surface area contributed by atoms with Crippen molar-refractivity contribution in [1.82, 2.24) is 15.2 Å². The lowest BCUT2D eigenvalue weighted by atomic mass is 9.99. The van der Waals surface area contributed by atoms with Gasteiger partial charge in [-0.2, -0.15) is 5.10 Å². The van der Waals surface area contributed by atoms with E-state index in [4.69, 9.17) is 5.84 Å². The monoisotopic (exact) mass is 244 g/mol. The summed E-state index contributed by atoms with van der Waals surface area (Å²) in [4.78, 5) is 0. The molecule has 2 aromatic rings. The summed E-state index contributed by atoms with van der Waals surface area (Å²) < 4.78 is 1.96. The zero-order valence-corrected chi connectivity index (χ0v) is 11.1. The van der Waals surface area contributed by atoms with Crippen molar-refractivity contribution in [1.29, 1.82) is 0 Å². The maximum absolute atomic E-state index is 5.72. The number of hydrazine groups is 1. The molecule has 2 rings (SSSR count). The first-order valence-electron chi connectivity index (χ1n) is 6.22. The fourth-order valence-electron chi connectivity index (χ4n) is 2.15. The van der Waals surface area contributed by atoms with E-state index in [2.05, 4.69) is 49.5 Å². The maximum Gasteiger partial charge on any atom is 0.0878 e. The Bertz CT molecular complexity index is 530. The van der Waals surface area contributed by atoms with Gasteiger partial charge in [-0.1, -0.05) is 18.2 Å². The van der Waals surface area contributed by atoms with E-state index in [1.807, 2.05) is 16.9 Å². The molecular formula is C14H20N4. The second-order valence-corrected chi connectivity index (χ2v) is 4.52. The SMILES string of the molecule is CCn1nccc1C(NN)c1ccc(C)c(C)c1. The molecule has 1 aromatic heterocycles. The number of nitrogens with one attached hydrogen (secondary N) is 1. The molecule has 0 bridgehead atoms. The van der Waals surface area contributed by atoms with Gasteiger partial charge in [0.1, 0.15) is 0 Å². The van der Waals surface area contributed by atoms with Crippen LogP contribution in [0.4, 0.5) is 0 Å². The fourth-order valence-corrected chi connectivity index (χ4v) is 2.15. The molecule has 1 heterocycles. The van der Waals surface area contributed by atoms with Crippen molar-refractivity contribution in [2.75, 3.05) is 0 Å². The molecule has 0 saturated heterocycles. The normalized spacial score (nSPS) is 12.7. The van der Waals surface area contributed by atoms with Gasteiger partial charge in [-0.3, -0.25) is 10.5 Å². The smallest absolute Gasteiger partial charge is 0.0878 e. The lowest BCUT2D eigenvalue weighted by molar-refractivity contribution is 0.543. The van der Waals surface area contributed by atoms with Crippen LogP contribution in [0.2, 0.25) is 0 Å². The average molecular weight is 244 g/mol. The molecule has 1 aromatic carbocycles. The lowest BCUT2D eigenvalue weighted by Crippen LogP contribution is -2.30. The molecule has 3 N–H and O–H groups in total. The first kappa shape index (κ1) is 12.8. The molecular weight excluding hydrogens is 224 g/mol. The Kier molecular flexibility index (Phi) is 3.79. The van der Waals surface area contributed by atoms with Gasteiger partial charge in [0.15, 0.2) is 0 Å². The third kappa shape index (κ3) is 2.30. The van der Waals surface area contributed by atoms with Crippen molar-refractivity contribution in [3.63, 3.8) is 0 Å². The van der Waals surface area contributed by atoms with Gasteiger partial charge in [0, 0.05) is 12.7 Å². The second-order valence-electron chi connectivity index (χ2n) is 4.52. The molecule has 0 fully saturated rings. The van der Waals surface area contributed by atoms with Crippen LogP contribution in [0, 0.1) is 13.8 Å². The van der Waals surface area contributed by atoms with Crippen LogP contribution in [0.5, 0.6) is 0 Å². The van der Waals surface area contributed by atoms with Crippen LogP contribution >= 0.6 is 0 Å². The minimum atomic E-state index is -0.0215. The highest BCUT2D eigenvalue weighted by molar-refractivity contribution is 5.35. The molecule has 0 radical (unpaired) electrons. The maximum atomic E-state index is 5.72. The molecule has 4 nitrogen and oxygen atoms in total. The highest BCUT2D eigenvalue weighted by Crippen LogP contribution is 2.23. The van der Waals surface area contributed by atoms with E-state index >= 15 is 0 Å². The summed E-state index contributed by atoms with van der Waals surface area (Å²) in [6.45, 7) is 7.14. The standard InChI is InChI=1S/C14H20N4/c1-4-18-13(7-8-16-18)14(17-15)12-6-5-10(2)11(3)9-12/h5-9,14,17H,4,15H2,1-3H3. The van der Waals surface area contributed by atoms with E-state index in [9.17, 15) is 0 Å². The summed E-state index contributed by atoms with van der Waals surface area (Å²) in [7, 11) is 0. The molecule has 0 amide bonds. The Morgan fingerprint density at radius 2 is 2.06 bits per heavy atom. The summed E-state index contributed by atoms with van der Waals surface area (Å²) in [5.74, 6) is 5.72. The van der Waals surface area contributed by atoms with E-state index in [0.29, 0.717) is 0 Å². The first-order chi connectivity index (χ1) is 8.67. The number of aromatic nitrogens is 2. The number of aryl methyl sites for hydroxylation is 3. The van der Waals surface area contributed by atoms with Gasteiger partial charge >= 0.3 is 0 Å². The molecule has 0 aliphatic heterocycles. The Balaban J connectivity index is 2.42. The van der Waals surface area contributed by atoms with Gasteiger partial charge in [-0.15, -0.1) is 0 Å². The number of nitrogens with zero attached hydrogens (tertiary/aromatic N) is 2. The molecule has 96 valence electrons. The highest BCUT2D eigenvalue weighted by Gasteiger charge is 2.16. The Morgan fingerprint density at radius 1 is 1.28 bits per heavy atom. The summed E-state index contributed by atoms with van der Waals surface area (Å²) in [5.41, 5.74) is 7.69. The van der Waals surface area contributed by atoms with E-state index in [1.54, 1.807) is 0 Å². The van der Waals surface area contributed by atoms with E-state index in [0.717, 1.165) is 17.8 Å². The minimum Gasteiger partial charge on any atom is -0.271 e. The summed E-state index contributed by atoms with van der Waals surface area (Å²) in [5, 5.41) is 4.29. The Hall–Kier alpha value is -1.65. The molecule has 0 aliphatic carbocycles. The summed E-state index contributed by atoms with van der Waals surface area (Å²) in [6, 6.07) is 8.39. The number of rotatable bonds is 4. The summed E-state index contributed by atoms with van der Waals surface area (Å²) >= 11 is 0. The van der Waals surface area contributed by atoms with Gasteiger partial charge in [0.25, 0.3) is 0 Å². The number of hydrogen-bond donors (Lipinski definition) is 2. The zero-order valence-electron chi connectivity index (χ0n) is 11.1. The summed E-state index contributed by atoms with van der Waals surface area (Å²) in [6.07, 6.45) is 1.81. The van der Waals surface area contributed by atoms with E-state index in [1.165, 1.54) is 11.1 Å². The van der Waals surface area contributed by atoms with Gasteiger partial charge in [0.2, 0.25) is 0 Å². The Morgan fingerprint density at radius 3 is 2.67 bits per heavy atom. The number of nitrogens with two attached hydrogens (primary N) is 1. The number of hydrogen-bond acceptors (Lipinski definition) is 3. The van der Waals surface area contributed by atoms with Crippen molar-refractivity contribution < 1.29 is 0 Å². The third-order valence-corrected chi connectivity index (χ3v) is 3.38. The predicted octanol–water partition coefficient (Wildman–Crippen LogP) is 2.07. The number of benzene rings is 1. The van der Waals surface area contributed by atoms with Gasteiger partial charge < -0.3 is 0 Å². The predicted molar refractivity (Wildman–Crippen MR) is 73.0 cm³/mol. The zero-order chi connectivity index (χ0) is 13.1. The van der Waals surface area contributed by atoms with Crippen molar-refractivity contribution in [3.8, 4) is 0 Å². The van der Waals surface area contributed by atoms with Crippen LogP contribution in [0.15, 0.2) is 30.5 Å². The van der Waals surface area contributed by atoms with Crippen LogP contribution in [-0.4, -0.2) is 9.78 Å². The van der Waals surface area contributed by atoms with Crippen LogP contribution in [0.25, 0.3) is 0 Å². The molecule has 0 saturated carbocycles. The van der Waals surface area contributed by atoms with Crippen molar-refractivity contribution in [3.05, 3.63) is 52.8 Å². The quantitative estimate of drug-likeness (QED) is 0.639. The van der Waals surface area contributed by atoms with Crippen LogP contribution in [0.3, 0.4) is 0 Å². The largest absolute Gasteiger partial charge is 0.271 e. The Labute approximate surface area is 108 Å². The molecule has 1 unspecified atom stereocenters. The van der Waals surface area contributed by atoms with Crippen molar-refractivity contribution in [2.45, 2.75) is 33.4 Å². The molecule has 0 aliphatic rings. The highest BCUT2D eigenvalue weighted by atomic mass is 15.3. The van der Waals surface area contributed by atoms with Gasteiger partial charge in [0.05, 0.1) is 11.7 Å². The van der Waals surface area contributed by atoms with Crippen molar-refractivity contribution in [2.24, 2.45) is 5.84 Å². The van der Waals surface area contributed by atoms with Crippen LogP contribution in [-0.2, 0) is 6.54 Å². The van der Waals surface area contributed by atoms with E-state index in [-0.39, 0.29) is 6.04 Å². The van der Waals surface area contributed by atoms with Gasteiger partial charge in [-0.05, 0) is 43.5 Å². The second kappa shape index (κ2) is 5.33. The average Bonchev–Trinajstić information content (AvgIpc) is 2.83. The molecule has 18 heavy (non-hydrogen) atoms. The molecule has 0 spiro atoms. The molecule has 1 atom stereocenters. The van der Waals surface area contributed by atoms with Gasteiger partial charge in [-0.25, -0.2) is 5.43 Å². The first-order valence-corrected chi connectivity index (χ1v) is 6.22. The third-order valence-electron chi connectivity index (χ3n) is 3.38. The fraction of sp³-hybridized carbons (Fsp3) is 0.357. The van der Waals surface area contributed by atoms with Crippen LogP contribution in [0.1, 0.15) is 35.3 Å². The minimum absolute atomic E-state index is 0.0215. The topological polar surface area (TPSA) is 55.9 Å². The van der Waals surface area contributed by atoms with Crippen LogP contribution < -0.4 is 11.3 Å². The van der Waals surface area contributed by atoms with Crippen molar-refractivity contribution >= 4 is 0 Å². The molecule has 4 heteroatoms. The lowest BCUT2D eigenvalue weighted by Gasteiger charge is -2.18. The van der Waals surface area contributed by atoms with E-state index < -0.39 is 0 Å².